The van der Waals surface area contributed by atoms with Crippen LogP contribution in [-0.4, -0.2) is 43.1 Å². The van der Waals surface area contributed by atoms with Gasteiger partial charge in [0.15, 0.2) is 0 Å². The smallest absolute Gasteiger partial charge is 0.150 e. The first-order valence-corrected chi connectivity index (χ1v) is 12.2. The molecule has 6 heteroatoms. The summed E-state index contributed by atoms with van der Waals surface area (Å²) in [7, 11) is 1.82. The Kier molecular flexibility index (Phi) is 8.20. The lowest BCUT2D eigenvalue weighted by Crippen LogP contribution is -2.35. The zero-order chi connectivity index (χ0) is 25.3. The molecule has 1 saturated heterocycles. The molecule has 1 fully saturated rings. The normalized spacial score (nSPS) is 13.8. The first-order valence-electron chi connectivity index (χ1n) is 12.2. The van der Waals surface area contributed by atoms with Gasteiger partial charge >= 0.3 is 0 Å². The van der Waals surface area contributed by atoms with Crippen molar-refractivity contribution in [1.29, 1.82) is 10.5 Å². The molecule has 0 amide bonds. The summed E-state index contributed by atoms with van der Waals surface area (Å²) in [4.78, 5) is 9.01. The van der Waals surface area contributed by atoms with E-state index in [1.54, 1.807) is 4.90 Å². The molecule has 2 aromatic carbocycles. The molecule has 0 aliphatic carbocycles. The van der Waals surface area contributed by atoms with Gasteiger partial charge in [-0.3, -0.25) is 4.90 Å². The zero-order valence-corrected chi connectivity index (χ0v) is 20.6. The van der Waals surface area contributed by atoms with Crippen LogP contribution in [0.1, 0.15) is 29.5 Å². The highest BCUT2D eigenvalue weighted by atomic mass is 15.2. The van der Waals surface area contributed by atoms with Crippen LogP contribution in [0.5, 0.6) is 0 Å². The molecule has 0 atom stereocenters. The van der Waals surface area contributed by atoms with Gasteiger partial charge in [0.1, 0.15) is 34.9 Å². The molecule has 0 saturated carbocycles. The Morgan fingerprint density at radius 2 is 1.64 bits per heavy atom. The molecule has 3 aromatic rings. The Bertz CT molecular complexity index is 1290. The summed E-state index contributed by atoms with van der Waals surface area (Å²) in [6.07, 6.45) is 7.70. The molecule has 0 bridgehead atoms. The summed E-state index contributed by atoms with van der Waals surface area (Å²) in [5.74, 6) is 4.08. The van der Waals surface area contributed by atoms with Crippen LogP contribution >= 0.6 is 0 Å². The minimum absolute atomic E-state index is 0.307. The number of piperidine rings is 1. The lowest BCUT2D eigenvalue weighted by atomic mass is 9.94. The average molecular weight is 475 g/mol. The summed E-state index contributed by atoms with van der Waals surface area (Å²) < 4.78 is 0. The van der Waals surface area contributed by atoms with Gasteiger partial charge in [0.05, 0.1) is 6.54 Å². The highest BCUT2D eigenvalue weighted by Crippen LogP contribution is 2.36. The molecule has 0 radical (unpaired) electrons. The molecule has 180 valence electrons. The lowest BCUT2D eigenvalue weighted by Gasteiger charge is -2.32. The fourth-order valence-electron chi connectivity index (χ4n) is 4.73. The Morgan fingerprint density at radius 3 is 2.25 bits per heavy atom. The van der Waals surface area contributed by atoms with Gasteiger partial charge < -0.3 is 10.2 Å². The molecule has 1 aliphatic rings. The molecular formula is C30H30N6. The van der Waals surface area contributed by atoms with Gasteiger partial charge in [-0.25, -0.2) is 4.98 Å². The molecule has 1 aromatic heterocycles. The molecular weight excluding hydrogens is 444 g/mol. The molecule has 0 unspecified atom stereocenters. The SMILES string of the molecule is C#CCN(C)c1nc(NCC2CCN(Cc3ccccc3)CC2)c(C#N)c(-c2ccccc2)c1C#N. The number of likely N-dealkylation sites (tertiary alicyclic amines) is 1. The molecule has 4 rings (SSSR count). The Balaban J connectivity index is 1.55. The number of rotatable bonds is 8. The van der Waals surface area contributed by atoms with E-state index in [2.05, 4.69) is 52.5 Å². The molecule has 1 aliphatic heterocycles. The van der Waals surface area contributed by atoms with Crippen LogP contribution < -0.4 is 10.2 Å². The first-order chi connectivity index (χ1) is 17.6. The number of anilines is 2. The maximum absolute atomic E-state index is 10.1. The third-order valence-electron chi connectivity index (χ3n) is 6.67. The number of pyridine rings is 1. The highest BCUT2D eigenvalue weighted by Gasteiger charge is 2.24. The van der Waals surface area contributed by atoms with E-state index in [1.165, 1.54) is 5.56 Å². The van der Waals surface area contributed by atoms with Crippen molar-refractivity contribution in [3.63, 3.8) is 0 Å². The van der Waals surface area contributed by atoms with Crippen LogP contribution in [0.15, 0.2) is 60.7 Å². The van der Waals surface area contributed by atoms with Crippen molar-refractivity contribution < 1.29 is 0 Å². The van der Waals surface area contributed by atoms with Crippen molar-refractivity contribution in [2.75, 3.05) is 43.4 Å². The monoisotopic (exact) mass is 474 g/mol. The highest BCUT2D eigenvalue weighted by molar-refractivity contribution is 5.85. The van der Waals surface area contributed by atoms with Gasteiger partial charge in [-0.15, -0.1) is 6.42 Å². The largest absolute Gasteiger partial charge is 0.369 e. The molecule has 6 nitrogen and oxygen atoms in total. The van der Waals surface area contributed by atoms with E-state index in [1.807, 2.05) is 43.4 Å². The summed E-state index contributed by atoms with van der Waals surface area (Å²) in [6, 6.07) is 24.7. The van der Waals surface area contributed by atoms with Crippen molar-refractivity contribution in [3.05, 3.63) is 77.4 Å². The van der Waals surface area contributed by atoms with E-state index in [-0.39, 0.29) is 0 Å². The van der Waals surface area contributed by atoms with Crippen LogP contribution in [0, 0.1) is 40.9 Å². The van der Waals surface area contributed by atoms with Gasteiger partial charge in [0, 0.05) is 25.7 Å². The summed E-state index contributed by atoms with van der Waals surface area (Å²) in [5.41, 5.74) is 3.48. The number of aromatic nitrogens is 1. The van der Waals surface area contributed by atoms with E-state index in [4.69, 9.17) is 11.4 Å². The third kappa shape index (κ3) is 5.66. The Labute approximate surface area is 213 Å². The predicted molar refractivity (Wildman–Crippen MR) is 144 cm³/mol. The van der Waals surface area contributed by atoms with Crippen molar-refractivity contribution >= 4 is 11.6 Å². The minimum atomic E-state index is 0.307. The Morgan fingerprint density at radius 1 is 1.00 bits per heavy atom. The number of nitrogens with zero attached hydrogens (tertiary/aromatic N) is 5. The van der Waals surface area contributed by atoms with Crippen LogP contribution in [0.2, 0.25) is 0 Å². The summed E-state index contributed by atoms with van der Waals surface area (Å²) >= 11 is 0. The van der Waals surface area contributed by atoms with Crippen molar-refractivity contribution in [3.8, 4) is 35.6 Å². The van der Waals surface area contributed by atoms with Gasteiger partial charge in [-0.05, 0) is 43.0 Å². The van der Waals surface area contributed by atoms with Crippen molar-refractivity contribution in [2.45, 2.75) is 19.4 Å². The van der Waals surface area contributed by atoms with Crippen molar-refractivity contribution in [2.24, 2.45) is 5.92 Å². The molecule has 2 heterocycles. The number of hydrogen-bond acceptors (Lipinski definition) is 6. The molecule has 36 heavy (non-hydrogen) atoms. The minimum Gasteiger partial charge on any atom is -0.369 e. The van der Waals surface area contributed by atoms with Gasteiger partial charge in [0.2, 0.25) is 0 Å². The topological polar surface area (TPSA) is 79.0 Å². The van der Waals surface area contributed by atoms with E-state index in [0.717, 1.165) is 44.6 Å². The first kappa shape index (κ1) is 24.8. The van der Waals surface area contributed by atoms with Crippen molar-refractivity contribution in [1.82, 2.24) is 9.88 Å². The zero-order valence-electron chi connectivity index (χ0n) is 20.6. The third-order valence-corrected chi connectivity index (χ3v) is 6.67. The molecule has 1 N–H and O–H groups in total. The maximum atomic E-state index is 10.1. The van der Waals surface area contributed by atoms with Crippen LogP contribution in [-0.2, 0) is 6.54 Å². The number of nitrogens with one attached hydrogen (secondary N) is 1. The number of nitriles is 2. The maximum Gasteiger partial charge on any atom is 0.150 e. The second-order valence-corrected chi connectivity index (χ2v) is 9.14. The van der Waals surface area contributed by atoms with Crippen LogP contribution in [0.25, 0.3) is 11.1 Å². The van der Waals surface area contributed by atoms with Gasteiger partial charge in [-0.2, -0.15) is 10.5 Å². The van der Waals surface area contributed by atoms with Gasteiger partial charge in [0.25, 0.3) is 0 Å². The quantitative estimate of drug-likeness (QED) is 0.469. The number of terminal acetylenes is 1. The number of benzene rings is 2. The van der Waals surface area contributed by atoms with E-state index in [9.17, 15) is 10.5 Å². The van der Waals surface area contributed by atoms with Gasteiger partial charge in [-0.1, -0.05) is 66.6 Å². The molecule has 0 spiro atoms. The van der Waals surface area contributed by atoms with E-state index >= 15 is 0 Å². The second-order valence-electron chi connectivity index (χ2n) is 9.14. The average Bonchev–Trinajstić information content (AvgIpc) is 2.93. The Hall–Kier alpha value is -4.31. The van der Waals surface area contributed by atoms with Crippen LogP contribution in [0.4, 0.5) is 11.6 Å². The van der Waals surface area contributed by atoms with E-state index in [0.29, 0.717) is 40.8 Å². The predicted octanol–water partition coefficient (Wildman–Crippen LogP) is 4.89. The number of hydrogen-bond donors (Lipinski definition) is 1. The fraction of sp³-hybridized carbons (Fsp3) is 0.300. The van der Waals surface area contributed by atoms with Crippen LogP contribution in [0.3, 0.4) is 0 Å². The fourth-order valence-corrected chi connectivity index (χ4v) is 4.73. The van der Waals surface area contributed by atoms with E-state index < -0.39 is 0 Å². The summed E-state index contributed by atoms with van der Waals surface area (Å²) in [5, 5.41) is 23.6. The standard InChI is InChI=1S/C30H30N6/c1-3-16-35(2)30-27(20-32)28(25-12-8-5-9-13-25)26(19-31)29(34-30)33-21-23-14-17-36(18-15-23)22-24-10-6-4-7-11-24/h1,4-13,23H,14-18,21-22H2,2H3,(H,33,34). The summed E-state index contributed by atoms with van der Waals surface area (Å²) in [6.45, 7) is 4.08. The second kappa shape index (κ2) is 11.9. The lowest BCUT2D eigenvalue weighted by molar-refractivity contribution is 0.182.